The maximum atomic E-state index is 11.5. The maximum absolute atomic E-state index is 11.5. The lowest BCUT2D eigenvalue weighted by molar-refractivity contribution is 0.581. The van der Waals surface area contributed by atoms with E-state index < -0.39 is 0 Å². The molecular weight excluding hydrogens is 178 g/mol. The van der Waals surface area contributed by atoms with Crippen LogP contribution < -0.4 is 5.56 Å². The first-order valence-corrected chi connectivity index (χ1v) is 4.40. The van der Waals surface area contributed by atoms with Gasteiger partial charge >= 0.3 is 0 Å². The summed E-state index contributed by atoms with van der Waals surface area (Å²) in [6.45, 7) is 1.90. The molecule has 0 radical (unpaired) electrons. The molecule has 0 N–H and O–H groups in total. The standard InChI is InChI=1S/C11H11NO2/c1-8-6-9(7-11(13)12(8)2)10-4-3-5-14-10/h3-7H,1-2H3. The Hall–Kier alpha value is -1.77. The molecule has 0 spiro atoms. The van der Waals surface area contributed by atoms with Gasteiger partial charge in [-0.25, -0.2) is 0 Å². The van der Waals surface area contributed by atoms with Crippen molar-refractivity contribution in [3.8, 4) is 11.3 Å². The van der Waals surface area contributed by atoms with Gasteiger partial charge in [0.1, 0.15) is 5.76 Å². The van der Waals surface area contributed by atoms with Crippen molar-refractivity contribution in [1.82, 2.24) is 4.57 Å². The highest BCUT2D eigenvalue weighted by molar-refractivity contribution is 5.56. The zero-order chi connectivity index (χ0) is 10.1. The lowest BCUT2D eigenvalue weighted by atomic mass is 10.2. The van der Waals surface area contributed by atoms with Crippen molar-refractivity contribution in [1.29, 1.82) is 0 Å². The minimum atomic E-state index is -0.0172. The maximum Gasteiger partial charge on any atom is 0.251 e. The highest BCUT2D eigenvalue weighted by Gasteiger charge is 2.04. The van der Waals surface area contributed by atoms with Gasteiger partial charge in [0.15, 0.2) is 0 Å². The summed E-state index contributed by atoms with van der Waals surface area (Å²) >= 11 is 0. The predicted molar refractivity (Wildman–Crippen MR) is 54.1 cm³/mol. The highest BCUT2D eigenvalue weighted by atomic mass is 16.3. The molecule has 0 unspecified atom stereocenters. The molecule has 3 nitrogen and oxygen atoms in total. The van der Waals surface area contributed by atoms with Gasteiger partial charge in [0.05, 0.1) is 6.26 Å². The Morgan fingerprint density at radius 3 is 2.71 bits per heavy atom. The van der Waals surface area contributed by atoms with E-state index in [2.05, 4.69) is 0 Å². The normalized spacial score (nSPS) is 10.4. The topological polar surface area (TPSA) is 35.1 Å². The van der Waals surface area contributed by atoms with Crippen LogP contribution in [0.25, 0.3) is 11.3 Å². The average Bonchev–Trinajstić information content (AvgIpc) is 2.66. The molecule has 0 aliphatic heterocycles. The SMILES string of the molecule is Cc1cc(-c2ccco2)cc(=O)n1C. The number of aryl methyl sites for hydroxylation is 1. The van der Waals surface area contributed by atoms with Crippen molar-refractivity contribution in [2.24, 2.45) is 7.05 Å². The molecular formula is C11H11NO2. The number of rotatable bonds is 1. The summed E-state index contributed by atoms with van der Waals surface area (Å²) in [6, 6.07) is 7.16. The van der Waals surface area contributed by atoms with E-state index in [1.165, 1.54) is 0 Å². The summed E-state index contributed by atoms with van der Waals surface area (Å²) in [7, 11) is 1.75. The molecule has 2 aromatic rings. The Morgan fingerprint density at radius 1 is 1.36 bits per heavy atom. The van der Waals surface area contributed by atoms with Crippen LogP contribution in [0.3, 0.4) is 0 Å². The smallest absolute Gasteiger partial charge is 0.251 e. The molecule has 0 aliphatic carbocycles. The third-order valence-electron chi connectivity index (χ3n) is 2.31. The lowest BCUT2D eigenvalue weighted by Crippen LogP contribution is -2.17. The minimum Gasteiger partial charge on any atom is -0.464 e. The average molecular weight is 189 g/mol. The first kappa shape index (κ1) is 8.81. The Labute approximate surface area is 81.6 Å². The van der Waals surface area contributed by atoms with Crippen LogP contribution in [-0.2, 0) is 7.05 Å². The van der Waals surface area contributed by atoms with Gasteiger partial charge in [-0.2, -0.15) is 0 Å². The predicted octanol–water partition coefficient (Wildman–Crippen LogP) is 1.95. The number of furan rings is 1. The Kier molecular flexibility index (Phi) is 2.00. The van der Waals surface area contributed by atoms with Crippen LogP contribution >= 0.6 is 0 Å². The first-order chi connectivity index (χ1) is 6.68. The summed E-state index contributed by atoms with van der Waals surface area (Å²) in [5, 5.41) is 0. The van der Waals surface area contributed by atoms with E-state index in [0.717, 1.165) is 17.0 Å². The lowest BCUT2D eigenvalue weighted by Gasteiger charge is -2.04. The second-order valence-corrected chi connectivity index (χ2v) is 3.26. The van der Waals surface area contributed by atoms with Crippen molar-refractivity contribution >= 4 is 0 Å². The summed E-state index contributed by atoms with van der Waals surface area (Å²) in [5.74, 6) is 0.728. The Bertz CT molecular complexity index is 495. The van der Waals surface area contributed by atoms with E-state index in [1.807, 2.05) is 25.1 Å². The number of pyridine rings is 1. The molecule has 14 heavy (non-hydrogen) atoms. The van der Waals surface area contributed by atoms with Crippen molar-refractivity contribution in [2.45, 2.75) is 6.92 Å². The van der Waals surface area contributed by atoms with E-state index in [-0.39, 0.29) is 5.56 Å². The van der Waals surface area contributed by atoms with Crippen LogP contribution in [0.5, 0.6) is 0 Å². The quantitative estimate of drug-likeness (QED) is 0.687. The zero-order valence-corrected chi connectivity index (χ0v) is 8.15. The third kappa shape index (κ3) is 1.37. The second kappa shape index (κ2) is 3.18. The monoisotopic (exact) mass is 189 g/mol. The molecule has 0 atom stereocenters. The van der Waals surface area contributed by atoms with Crippen LogP contribution in [-0.4, -0.2) is 4.57 Å². The molecule has 2 rings (SSSR count). The molecule has 0 amide bonds. The Balaban J connectivity index is 2.63. The van der Waals surface area contributed by atoms with Crippen LogP contribution in [0.4, 0.5) is 0 Å². The number of hydrogen-bond donors (Lipinski definition) is 0. The number of hydrogen-bond acceptors (Lipinski definition) is 2. The molecule has 0 saturated heterocycles. The molecule has 3 heteroatoms. The molecule has 72 valence electrons. The van der Waals surface area contributed by atoms with Gasteiger partial charge in [-0.3, -0.25) is 4.79 Å². The van der Waals surface area contributed by atoms with Gasteiger partial charge in [-0.15, -0.1) is 0 Å². The molecule has 0 bridgehead atoms. The van der Waals surface area contributed by atoms with Gasteiger partial charge in [-0.1, -0.05) is 0 Å². The largest absolute Gasteiger partial charge is 0.464 e. The fraction of sp³-hybridized carbons (Fsp3) is 0.182. The van der Waals surface area contributed by atoms with Crippen LogP contribution in [0.15, 0.2) is 39.7 Å². The first-order valence-electron chi connectivity index (χ1n) is 4.40. The van der Waals surface area contributed by atoms with E-state index in [0.29, 0.717) is 0 Å². The van der Waals surface area contributed by atoms with Gasteiger partial charge < -0.3 is 8.98 Å². The molecule has 0 saturated carbocycles. The van der Waals surface area contributed by atoms with E-state index in [9.17, 15) is 4.79 Å². The van der Waals surface area contributed by atoms with Crippen molar-refractivity contribution < 1.29 is 4.42 Å². The molecule has 0 aliphatic rings. The molecule has 0 aromatic carbocycles. The van der Waals surface area contributed by atoms with Crippen LogP contribution in [0, 0.1) is 6.92 Å². The van der Waals surface area contributed by atoms with Gasteiger partial charge in [-0.05, 0) is 25.1 Å². The molecule has 0 fully saturated rings. The minimum absolute atomic E-state index is 0.0172. The fourth-order valence-electron chi connectivity index (χ4n) is 1.35. The van der Waals surface area contributed by atoms with E-state index in [1.54, 1.807) is 23.9 Å². The number of nitrogens with zero attached hydrogens (tertiary/aromatic N) is 1. The molecule has 2 heterocycles. The fourth-order valence-corrected chi connectivity index (χ4v) is 1.35. The third-order valence-corrected chi connectivity index (χ3v) is 2.31. The van der Waals surface area contributed by atoms with Gasteiger partial charge in [0, 0.05) is 24.4 Å². The van der Waals surface area contributed by atoms with Crippen molar-refractivity contribution in [2.75, 3.05) is 0 Å². The van der Waals surface area contributed by atoms with Crippen molar-refractivity contribution in [3.05, 3.63) is 46.6 Å². The van der Waals surface area contributed by atoms with Gasteiger partial charge in [0.2, 0.25) is 0 Å². The Morgan fingerprint density at radius 2 is 2.14 bits per heavy atom. The molecule has 2 aromatic heterocycles. The summed E-state index contributed by atoms with van der Waals surface area (Å²) in [6.07, 6.45) is 1.60. The highest BCUT2D eigenvalue weighted by Crippen LogP contribution is 2.18. The van der Waals surface area contributed by atoms with Crippen LogP contribution in [0.2, 0.25) is 0 Å². The summed E-state index contributed by atoms with van der Waals surface area (Å²) < 4.78 is 6.82. The van der Waals surface area contributed by atoms with Gasteiger partial charge in [0.25, 0.3) is 5.56 Å². The number of aromatic nitrogens is 1. The van der Waals surface area contributed by atoms with Crippen molar-refractivity contribution in [3.63, 3.8) is 0 Å². The van der Waals surface area contributed by atoms with E-state index >= 15 is 0 Å². The second-order valence-electron chi connectivity index (χ2n) is 3.26. The summed E-state index contributed by atoms with van der Waals surface area (Å²) in [4.78, 5) is 11.5. The van der Waals surface area contributed by atoms with E-state index in [4.69, 9.17) is 4.42 Å². The van der Waals surface area contributed by atoms with Crippen LogP contribution in [0.1, 0.15) is 5.69 Å². The summed E-state index contributed by atoms with van der Waals surface area (Å²) in [5.41, 5.74) is 1.73. The zero-order valence-electron chi connectivity index (χ0n) is 8.15.